The number of hydrazone groups is 1. The lowest BCUT2D eigenvalue weighted by Crippen LogP contribution is -2.19. The number of carbonyl (C=O) groups excluding carboxylic acids is 1. The van der Waals surface area contributed by atoms with Crippen LogP contribution in [0.25, 0.3) is 0 Å². The van der Waals surface area contributed by atoms with Gasteiger partial charge in [0.2, 0.25) is 0 Å². The monoisotopic (exact) mass is 312 g/mol. The molecular weight excluding hydrogens is 292 g/mol. The summed E-state index contributed by atoms with van der Waals surface area (Å²) in [7, 11) is 0. The highest BCUT2D eigenvalue weighted by molar-refractivity contribution is 6.01. The minimum atomic E-state index is -0.453. The first kappa shape index (κ1) is 16.5. The van der Waals surface area contributed by atoms with Gasteiger partial charge < -0.3 is 9.84 Å². The van der Waals surface area contributed by atoms with E-state index in [9.17, 15) is 9.90 Å². The van der Waals surface area contributed by atoms with Crippen LogP contribution >= 0.6 is 0 Å². The average molecular weight is 312 g/mol. The summed E-state index contributed by atoms with van der Waals surface area (Å²) in [6, 6.07) is 13.8. The number of benzene rings is 2. The molecule has 0 atom stereocenters. The molecule has 0 unspecified atom stereocenters. The van der Waals surface area contributed by atoms with Gasteiger partial charge in [-0.2, -0.15) is 5.10 Å². The molecule has 2 rings (SSSR count). The van der Waals surface area contributed by atoms with Crippen LogP contribution in [0.5, 0.6) is 11.5 Å². The summed E-state index contributed by atoms with van der Waals surface area (Å²) < 4.78 is 5.52. The number of carbonyl (C=O) groups is 1. The van der Waals surface area contributed by atoms with Crippen molar-refractivity contribution in [3.05, 3.63) is 59.7 Å². The van der Waals surface area contributed by atoms with Gasteiger partial charge >= 0.3 is 0 Å². The Hall–Kier alpha value is -2.82. The summed E-state index contributed by atoms with van der Waals surface area (Å²) in [6.45, 7) is 4.54. The molecule has 0 bridgehead atoms. The normalized spacial score (nSPS) is 11.1. The smallest absolute Gasteiger partial charge is 0.275 e. The highest BCUT2D eigenvalue weighted by Gasteiger charge is 2.09. The molecule has 1 amide bonds. The van der Waals surface area contributed by atoms with E-state index in [1.54, 1.807) is 19.1 Å². The number of nitrogens with one attached hydrogen (secondary N) is 1. The van der Waals surface area contributed by atoms with Gasteiger partial charge in [0, 0.05) is 0 Å². The van der Waals surface area contributed by atoms with Crippen LogP contribution in [0.3, 0.4) is 0 Å². The largest absolute Gasteiger partial charge is 0.507 e. The Morgan fingerprint density at radius 2 is 1.87 bits per heavy atom. The third-order valence-corrected chi connectivity index (χ3v) is 3.22. The van der Waals surface area contributed by atoms with Crippen LogP contribution in [-0.2, 0) is 0 Å². The Labute approximate surface area is 135 Å². The molecule has 5 nitrogen and oxygen atoms in total. The first-order valence-electron chi connectivity index (χ1n) is 7.47. The number of phenols is 1. The summed E-state index contributed by atoms with van der Waals surface area (Å²) in [5, 5.41) is 13.7. The lowest BCUT2D eigenvalue weighted by atomic mass is 10.1. The predicted molar refractivity (Wildman–Crippen MR) is 90.0 cm³/mol. The molecule has 0 fully saturated rings. The first-order valence-corrected chi connectivity index (χ1v) is 7.47. The molecule has 0 saturated heterocycles. The Bertz CT molecular complexity index is 694. The minimum Gasteiger partial charge on any atom is -0.507 e. The number of hydrogen-bond acceptors (Lipinski definition) is 4. The van der Waals surface area contributed by atoms with E-state index in [1.807, 2.05) is 24.3 Å². The molecule has 2 N–H and O–H groups in total. The van der Waals surface area contributed by atoms with E-state index >= 15 is 0 Å². The number of ether oxygens (including phenoxy) is 1. The summed E-state index contributed by atoms with van der Waals surface area (Å²) in [5.74, 6) is 0.280. The summed E-state index contributed by atoms with van der Waals surface area (Å²) in [4.78, 5) is 12.0. The van der Waals surface area contributed by atoms with Crippen molar-refractivity contribution in [1.29, 1.82) is 0 Å². The Balaban J connectivity index is 2.02. The highest BCUT2D eigenvalue weighted by atomic mass is 16.5. The fourth-order valence-electron chi connectivity index (χ4n) is 1.94. The number of aromatic hydroxyl groups is 1. The zero-order chi connectivity index (χ0) is 16.7. The van der Waals surface area contributed by atoms with Crippen LogP contribution in [0.15, 0.2) is 53.6 Å². The van der Waals surface area contributed by atoms with Crippen LogP contribution in [-0.4, -0.2) is 23.3 Å². The van der Waals surface area contributed by atoms with E-state index in [0.29, 0.717) is 12.3 Å². The molecule has 2 aromatic rings. The van der Waals surface area contributed by atoms with Gasteiger partial charge in [0.15, 0.2) is 0 Å². The van der Waals surface area contributed by atoms with E-state index in [4.69, 9.17) is 4.74 Å². The van der Waals surface area contributed by atoms with Crippen LogP contribution in [0.1, 0.15) is 36.2 Å². The Morgan fingerprint density at radius 1 is 1.17 bits per heavy atom. The van der Waals surface area contributed by atoms with Gasteiger partial charge in [0.1, 0.15) is 11.5 Å². The quantitative estimate of drug-likeness (QED) is 0.635. The van der Waals surface area contributed by atoms with Crippen LogP contribution < -0.4 is 10.2 Å². The maximum Gasteiger partial charge on any atom is 0.275 e. The molecule has 0 spiro atoms. The molecule has 5 heteroatoms. The van der Waals surface area contributed by atoms with Crippen molar-refractivity contribution in [3.8, 4) is 11.5 Å². The second kappa shape index (κ2) is 7.98. The van der Waals surface area contributed by atoms with E-state index < -0.39 is 5.91 Å². The molecule has 0 saturated carbocycles. The van der Waals surface area contributed by atoms with Gasteiger partial charge in [-0.15, -0.1) is 0 Å². The number of nitrogens with zero attached hydrogens (tertiary/aromatic N) is 1. The average Bonchev–Trinajstić information content (AvgIpc) is 2.58. The van der Waals surface area contributed by atoms with Crippen LogP contribution in [0, 0.1) is 0 Å². The topological polar surface area (TPSA) is 70.9 Å². The molecule has 0 aliphatic carbocycles. The van der Waals surface area contributed by atoms with Crippen molar-refractivity contribution >= 4 is 11.6 Å². The van der Waals surface area contributed by atoms with E-state index in [0.717, 1.165) is 17.7 Å². The molecular formula is C18H20N2O3. The second-order valence-corrected chi connectivity index (χ2v) is 5.03. The fourth-order valence-corrected chi connectivity index (χ4v) is 1.94. The number of para-hydroxylation sites is 1. The van der Waals surface area contributed by atoms with Crippen molar-refractivity contribution in [1.82, 2.24) is 5.43 Å². The maximum absolute atomic E-state index is 12.0. The highest BCUT2D eigenvalue weighted by Crippen LogP contribution is 2.15. The predicted octanol–water partition coefficient (Wildman–Crippen LogP) is 3.34. The zero-order valence-electron chi connectivity index (χ0n) is 13.2. The third-order valence-electron chi connectivity index (χ3n) is 3.22. The van der Waals surface area contributed by atoms with Gasteiger partial charge in [0.25, 0.3) is 5.91 Å². The molecule has 2 aromatic carbocycles. The second-order valence-electron chi connectivity index (χ2n) is 5.03. The number of amides is 1. The van der Waals surface area contributed by atoms with E-state index in [-0.39, 0.29) is 11.3 Å². The van der Waals surface area contributed by atoms with Crippen molar-refractivity contribution in [2.24, 2.45) is 5.10 Å². The minimum absolute atomic E-state index is 0.0738. The number of phenolic OH excluding ortho intramolecular Hbond substituents is 1. The van der Waals surface area contributed by atoms with E-state index in [1.165, 1.54) is 12.1 Å². The molecule has 0 aromatic heterocycles. The van der Waals surface area contributed by atoms with Crippen molar-refractivity contribution in [3.63, 3.8) is 0 Å². The first-order chi connectivity index (χ1) is 11.1. The zero-order valence-corrected chi connectivity index (χ0v) is 13.2. The molecule has 23 heavy (non-hydrogen) atoms. The van der Waals surface area contributed by atoms with Crippen LogP contribution in [0.2, 0.25) is 0 Å². The molecule has 0 aliphatic heterocycles. The number of rotatable bonds is 6. The van der Waals surface area contributed by atoms with E-state index in [2.05, 4.69) is 17.5 Å². The molecule has 0 radical (unpaired) electrons. The maximum atomic E-state index is 12.0. The van der Waals surface area contributed by atoms with Gasteiger partial charge in [-0.1, -0.05) is 19.1 Å². The van der Waals surface area contributed by atoms with Gasteiger partial charge in [-0.3, -0.25) is 4.79 Å². The number of hydrogen-bond donors (Lipinski definition) is 2. The third kappa shape index (κ3) is 4.57. The molecule has 120 valence electrons. The lowest BCUT2D eigenvalue weighted by Gasteiger charge is -2.07. The Morgan fingerprint density at radius 3 is 2.52 bits per heavy atom. The molecule has 0 aliphatic rings. The summed E-state index contributed by atoms with van der Waals surface area (Å²) >= 11 is 0. The van der Waals surface area contributed by atoms with Gasteiger partial charge in [0.05, 0.1) is 17.9 Å². The molecule has 0 heterocycles. The summed E-state index contributed by atoms with van der Waals surface area (Å²) in [6.07, 6.45) is 0.959. The van der Waals surface area contributed by atoms with Crippen molar-refractivity contribution < 1.29 is 14.6 Å². The Kier molecular flexibility index (Phi) is 5.74. The van der Waals surface area contributed by atoms with Gasteiger partial charge in [-0.25, -0.2) is 5.43 Å². The standard InChI is InChI=1S/C18H20N2O3/c1-3-12-23-15-10-8-14(9-11-15)13(2)19-20-18(22)16-6-4-5-7-17(16)21/h4-11,21H,3,12H2,1-2H3,(H,20,22)/b19-13+. The van der Waals surface area contributed by atoms with Crippen molar-refractivity contribution in [2.75, 3.05) is 6.61 Å². The fraction of sp³-hybridized carbons (Fsp3) is 0.222. The van der Waals surface area contributed by atoms with Crippen LogP contribution in [0.4, 0.5) is 0 Å². The SMILES string of the molecule is CCCOc1ccc(/C(C)=N/NC(=O)c2ccccc2O)cc1. The summed E-state index contributed by atoms with van der Waals surface area (Å²) in [5.41, 5.74) is 4.18. The van der Waals surface area contributed by atoms with Crippen molar-refractivity contribution in [2.45, 2.75) is 20.3 Å². The lowest BCUT2D eigenvalue weighted by molar-refractivity contribution is 0.0952. The van der Waals surface area contributed by atoms with Gasteiger partial charge in [-0.05, 0) is 55.3 Å².